The standard InChI is InChI=1S/C12H19ClN2O/c1-3-9-11(13)10(15(4-2)14-9)7-12(8-16)5-6-12/h16H,3-8H2,1-2H3. The van der Waals surface area contributed by atoms with Crippen molar-refractivity contribution in [2.24, 2.45) is 5.41 Å². The molecule has 0 aromatic carbocycles. The minimum Gasteiger partial charge on any atom is -0.396 e. The van der Waals surface area contributed by atoms with Gasteiger partial charge in [0.1, 0.15) is 0 Å². The smallest absolute Gasteiger partial charge is 0.0850 e. The van der Waals surface area contributed by atoms with Crippen molar-refractivity contribution in [1.29, 1.82) is 0 Å². The van der Waals surface area contributed by atoms with Gasteiger partial charge in [0.2, 0.25) is 0 Å². The van der Waals surface area contributed by atoms with Crippen molar-refractivity contribution in [3.05, 3.63) is 16.4 Å². The molecule has 0 unspecified atom stereocenters. The number of aliphatic hydroxyl groups is 1. The summed E-state index contributed by atoms with van der Waals surface area (Å²) in [6, 6.07) is 0. The Bertz CT molecular complexity index is 383. The number of aromatic nitrogens is 2. The summed E-state index contributed by atoms with van der Waals surface area (Å²) >= 11 is 6.33. The first-order valence-electron chi connectivity index (χ1n) is 6.00. The van der Waals surface area contributed by atoms with Crippen molar-refractivity contribution in [2.45, 2.75) is 46.1 Å². The van der Waals surface area contributed by atoms with Gasteiger partial charge in [0.15, 0.2) is 0 Å². The normalized spacial score (nSPS) is 17.8. The number of rotatable bonds is 5. The molecule has 1 fully saturated rings. The van der Waals surface area contributed by atoms with Crippen LogP contribution in [0.5, 0.6) is 0 Å². The second-order valence-electron chi connectivity index (χ2n) is 4.71. The molecule has 3 nitrogen and oxygen atoms in total. The van der Waals surface area contributed by atoms with Crippen LogP contribution in [0.1, 0.15) is 38.1 Å². The fraction of sp³-hybridized carbons (Fsp3) is 0.750. The summed E-state index contributed by atoms with van der Waals surface area (Å²) in [5.41, 5.74) is 2.18. The number of aryl methyl sites for hydroxylation is 2. The molecule has 0 saturated heterocycles. The molecule has 90 valence electrons. The second-order valence-corrected chi connectivity index (χ2v) is 5.09. The molecule has 16 heavy (non-hydrogen) atoms. The lowest BCUT2D eigenvalue weighted by Gasteiger charge is -2.12. The van der Waals surface area contributed by atoms with E-state index in [0.29, 0.717) is 0 Å². The number of hydrogen-bond donors (Lipinski definition) is 1. The molecule has 0 spiro atoms. The van der Waals surface area contributed by atoms with Gasteiger partial charge in [0, 0.05) is 13.2 Å². The van der Waals surface area contributed by atoms with Crippen LogP contribution in [0.3, 0.4) is 0 Å². The first-order chi connectivity index (χ1) is 7.65. The number of halogens is 1. The van der Waals surface area contributed by atoms with Crippen molar-refractivity contribution >= 4 is 11.6 Å². The minimum atomic E-state index is 0.0988. The largest absolute Gasteiger partial charge is 0.396 e. The van der Waals surface area contributed by atoms with Gasteiger partial charge in [-0.3, -0.25) is 4.68 Å². The Hall–Kier alpha value is -0.540. The summed E-state index contributed by atoms with van der Waals surface area (Å²) in [5.74, 6) is 0. The average Bonchev–Trinajstić information content (AvgIpc) is 3.02. The zero-order valence-corrected chi connectivity index (χ0v) is 10.7. The van der Waals surface area contributed by atoms with Crippen LogP contribution in [0.4, 0.5) is 0 Å². The molecule has 0 bridgehead atoms. The third kappa shape index (κ3) is 1.98. The van der Waals surface area contributed by atoms with Crippen LogP contribution in [0.15, 0.2) is 0 Å². The van der Waals surface area contributed by atoms with Crippen LogP contribution in [-0.2, 0) is 19.4 Å². The molecule has 1 aromatic rings. The van der Waals surface area contributed by atoms with Crippen LogP contribution < -0.4 is 0 Å². The van der Waals surface area contributed by atoms with Gasteiger partial charge in [-0.05, 0) is 38.0 Å². The van der Waals surface area contributed by atoms with E-state index < -0.39 is 0 Å². The van der Waals surface area contributed by atoms with Gasteiger partial charge in [-0.15, -0.1) is 0 Å². The van der Waals surface area contributed by atoms with Crippen LogP contribution in [0.2, 0.25) is 5.02 Å². The summed E-state index contributed by atoms with van der Waals surface area (Å²) < 4.78 is 1.98. The van der Waals surface area contributed by atoms with Gasteiger partial charge < -0.3 is 5.11 Å². The van der Waals surface area contributed by atoms with Crippen molar-refractivity contribution in [1.82, 2.24) is 9.78 Å². The highest BCUT2D eigenvalue weighted by Gasteiger charge is 2.43. The highest BCUT2D eigenvalue weighted by Crippen LogP contribution is 2.48. The summed E-state index contributed by atoms with van der Waals surface area (Å²) in [4.78, 5) is 0. The fourth-order valence-corrected chi connectivity index (χ4v) is 2.44. The van der Waals surface area contributed by atoms with E-state index >= 15 is 0 Å². The van der Waals surface area contributed by atoms with Gasteiger partial charge >= 0.3 is 0 Å². The Morgan fingerprint density at radius 2 is 2.12 bits per heavy atom. The molecular weight excluding hydrogens is 224 g/mol. The van der Waals surface area contributed by atoms with Crippen molar-refractivity contribution in [2.75, 3.05) is 6.61 Å². The Balaban J connectivity index is 2.28. The Kier molecular flexibility index (Phi) is 3.27. The van der Waals surface area contributed by atoms with E-state index in [1.807, 2.05) is 4.68 Å². The van der Waals surface area contributed by atoms with Crippen LogP contribution in [0.25, 0.3) is 0 Å². The predicted octanol–water partition coefficient (Wildman–Crippen LogP) is 2.43. The maximum Gasteiger partial charge on any atom is 0.0850 e. The Morgan fingerprint density at radius 1 is 1.44 bits per heavy atom. The minimum absolute atomic E-state index is 0.0988. The van der Waals surface area contributed by atoms with E-state index in [4.69, 9.17) is 11.6 Å². The van der Waals surface area contributed by atoms with E-state index in [1.165, 1.54) is 0 Å². The molecule has 0 radical (unpaired) electrons. The van der Waals surface area contributed by atoms with E-state index in [9.17, 15) is 5.11 Å². The lowest BCUT2D eigenvalue weighted by Crippen LogP contribution is -2.14. The Labute approximate surface area is 101 Å². The molecule has 0 amide bonds. The topological polar surface area (TPSA) is 38.0 Å². The predicted molar refractivity (Wildman–Crippen MR) is 64.7 cm³/mol. The zero-order chi connectivity index (χ0) is 11.8. The van der Waals surface area contributed by atoms with Crippen LogP contribution in [0, 0.1) is 5.41 Å². The number of nitrogens with zero attached hydrogens (tertiary/aromatic N) is 2. The average molecular weight is 243 g/mol. The molecule has 0 atom stereocenters. The third-order valence-corrected chi connectivity index (χ3v) is 3.97. The maximum atomic E-state index is 9.36. The lowest BCUT2D eigenvalue weighted by atomic mass is 10.0. The summed E-state index contributed by atoms with van der Waals surface area (Å²) in [7, 11) is 0. The molecule has 1 aliphatic rings. The lowest BCUT2D eigenvalue weighted by molar-refractivity contribution is 0.209. The van der Waals surface area contributed by atoms with Gasteiger partial charge in [0.05, 0.1) is 16.4 Å². The monoisotopic (exact) mass is 242 g/mol. The van der Waals surface area contributed by atoms with Gasteiger partial charge in [0.25, 0.3) is 0 Å². The summed E-state index contributed by atoms with van der Waals surface area (Å²) in [5, 5.41) is 14.7. The molecule has 0 aliphatic heterocycles. The van der Waals surface area contributed by atoms with E-state index in [-0.39, 0.29) is 12.0 Å². The van der Waals surface area contributed by atoms with Gasteiger partial charge in [-0.1, -0.05) is 18.5 Å². The molecule has 1 aliphatic carbocycles. The number of aliphatic hydroxyl groups excluding tert-OH is 1. The van der Waals surface area contributed by atoms with Crippen LogP contribution in [-0.4, -0.2) is 21.5 Å². The fourth-order valence-electron chi connectivity index (χ4n) is 2.11. The highest BCUT2D eigenvalue weighted by molar-refractivity contribution is 6.31. The van der Waals surface area contributed by atoms with Gasteiger partial charge in [-0.25, -0.2) is 0 Å². The molecule has 1 aromatic heterocycles. The van der Waals surface area contributed by atoms with Crippen LogP contribution >= 0.6 is 11.6 Å². The van der Waals surface area contributed by atoms with E-state index in [2.05, 4.69) is 18.9 Å². The SMILES string of the molecule is CCc1nn(CC)c(CC2(CO)CC2)c1Cl. The van der Waals surface area contributed by atoms with E-state index in [0.717, 1.165) is 48.6 Å². The van der Waals surface area contributed by atoms with E-state index in [1.54, 1.807) is 0 Å². The first-order valence-corrected chi connectivity index (χ1v) is 6.38. The van der Waals surface area contributed by atoms with Gasteiger partial charge in [-0.2, -0.15) is 5.10 Å². The first kappa shape index (κ1) is 11.9. The maximum absolute atomic E-state index is 9.36. The number of hydrogen-bond acceptors (Lipinski definition) is 2. The molecule has 1 N–H and O–H groups in total. The second kappa shape index (κ2) is 4.38. The van der Waals surface area contributed by atoms with Crippen molar-refractivity contribution in [3.63, 3.8) is 0 Å². The molecule has 2 rings (SSSR count). The highest BCUT2D eigenvalue weighted by atomic mass is 35.5. The molecule has 1 heterocycles. The molecule has 1 saturated carbocycles. The third-order valence-electron chi connectivity index (χ3n) is 3.53. The summed E-state index contributed by atoms with van der Waals surface area (Å²) in [6.07, 6.45) is 3.94. The molecule has 4 heteroatoms. The van der Waals surface area contributed by atoms with Crippen molar-refractivity contribution < 1.29 is 5.11 Å². The zero-order valence-electron chi connectivity index (χ0n) is 9.96. The Morgan fingerprint density at radius 3 is 2.56 bits per heavy atom. The summed E-state index contributed by atoms with van der Waals surface area (Å²) in [6.45, 7) is 5.25. The van der Waals surface area contributed by atoms with Crippen molar-refractivity contribution in [3.8, 4) is 0 Å². The quantitative estimate of drug-likeness (QED) is 0.861. The molecular formula is C12H19ClN2O.